The van der Waals surface area contributed by atoms with E-state index in [1.54, 1.807) is 6.08 Å². The van der Waals surface area contributed by atoms with Gasteiger partial charge in [-0.3, -0.25) is 0 Å². The third-order valence-corrected chi connectivity index (χ3v) is 2.12. The van der Waals surface area contributed by atoms with E-state index in [0.717, 1.165) is 12.1 Å². The summed E-state index contributed by atoms with van der Waals surface area (Å²) in [6.45, 7) is 11.6. The average molecular weight is 203 g/mol. The summed E-state index contributed by atoms with van der Waals surface area (Å²) in [5.41, 5.74) is 2.22. The van der Waals surface area contributed by atoms with Gasteiger partial charge in [-0.1, -0.05) is 38.3 Å². The fraction of sp³-hybridized carbons (Fsp3) is 0.286. The molecule has 0 bridgehead atoms. The van der Waals surface area contributed by atoms with Crippen LogP contribution in [0.4, 0.5) is 0 Å². The van der Waals surface area contributed by atoms with Crippen molar-refractivity contribution < 1.29 is 0 Å². The smallest absolute Gasteiger partial charge is 0.0399 e. The second kappa shape index (κ2) is 7.86. The standard InChI is InChI=1S/C14H21N/c1-6-9-10-12-13(4)15(5)14(8-3)11-7-2/h7-12H,2-3,6H2,1,4-5H3/b10-9-,13-12+,14-11+. The molecule has 0 aromatic heterocycles. The molecule has 0 aliphatic rings. The molecule has 0 radical (unpaired) electrons. The zero-order valence-electron chi connectivity index (χ0n) is 10.0. The van der Waals surface area contributed by atoms with E-state index < -0.39 is 0 Å². The van der Waals surface area contributed by atoms with Gasteiger partial charge in [-0.2, -0.15) is 0 Å². The van der Waals surface area contributed by atoms with Gasteiger partial charge in [-0.25, -0.2) is 0 Å². The number of hydrogen-bond donors (Lipinski definition) is 0. The van der Waals surface area contributed by atoms with Crippen molar-refractivity contribution in [2.24, 2.45) is 0 Å². The van der Waals surface area contributed by atoms with Crippen LogP contribution in [0.3, 0.4) is 0 Å². The molecule has 0 heterocycles. The van der Waals surface area contributed by atoms with Crippen LogP contribution in [0.15, 0.2) is 61.0 Å². The first-order valence-corrected chi connectivity index (χ1v) is 5.19. The van der Waals surface area contributed by atoms with Crippen LogP contribution in [0, 0.1) is 0 Å². The minimum absolute atomic E-state index is 1.05. The van der Waals surface area contributed by atoms with E-state index in [-0.39, 0.29) is 0 Å². The SMILES string of the molecule is C=C/C=C(\C=C)N(C)/C(C)=C/C=C\CC. The Morgan fingerprint density at radius 3 is 2.40 bits per heavy atom. The van der Waals surface area contributed by atoms with Crippen molar-refractivity contribution in [3.05, 3.63) is 61.0 Å². The fourth-order valence-corrected chi connectivity index (χ4v) is 1.10. The van der Waals surface area contributed by atoms with Gasteiger partial charge in [0, 0.05) is 18.4 Å². The summed E-state index contributed by atoms with van der Waals surface area (Å²) in [6.07, 6.45) is 12.9. The van der Waals surface area contributed by atoms with Gasteiger partial charge in [0.25, 0.3) is 0 Å². The highest BCUT2D eigenvalue weighted by Gasteiger charge is 2.00. The van der Waals surface area contributed by atoms with Crippen LogP contribution in [0.2, 0.25) is 0 Å². The minimum atomic E-state index is 1.05. The first-order chi connectivity index (χ1) is 7.17. The van der Waals surface area contributed by atoms with Gasteiger partial charge in [0.05, 0.1) is 0 Å². The fourth-order valence-electron chi connectivity index (χ4n) is 1.10. The Hall–Kier alpha value is -1.50. The van der Waals surface area contributed by atoms with E-state index in [4.69, 9.17) is 0 Å². The Kier molecular flexibility index (Phi) is 7.08. The van der Waals surface area contributed by atoms with Gasteiger partial charge in [0.15, 0.2) is 0 Å². The highest BCUT2D eigenvalue weighted by molar-refractivity contribution is 5.25. The monoisotopic (exact) mass is 203 g/mol. The molecule has 0 fully saturated rings. The summed E-state index contributed by atoms with van der Waals surface area (Å²) >= 11 is 0. The summed E-state index contributed by atoms with van der Waals surface area (Å²) in [4.78, 5) is 2.08. The summed E-state index contributed by atoms with van der Waals surface area (Å²) < 4.78 is 0. The zero-order chi connectivity index (χ0) is 11.7. The largest absolute Gasteiger partial charge is 0.348 e. The Morgan fingerprint density at radius 2 is 1.93 bits per heavy atom. The topological polar surface area (TPSA) is 3.24 Å². The van der Waals surface area contributed by atoms with Crippen LogP contribution in [0.1, 0.15) is 20.3 Å². The molecule has 0 rings (SSSR count). The summed E-state index contributed by atoms with van der Waals surface area (Å²) in [5, 5.41) is 0. The lowest BCUT2D eigenvalue weighted by Crippen LogP contribution is -2.13. The number of likely N-dealkylation sites (N-methyl/N-ethyl adjacent to an activating group) is 1. The predicted molar refractivity (Wildman–Crippen MR) is 69.4 cm³/mol. The average Bonchev–Trinajstić information content (AvgIpc) is 2.25. The van der Waals surface area contributed by atoms with Gasteiger partial charge < -0.3 is 4.90 Å². The van der Waals surface area contributed by atoms with Gasteiger partial charge >= 0.3 is 0 Å². The highest BCUT2D eigenvalue weighted by atomic mass is 15.1. The molecule has 0 aliphatic carbocycles. The van der Waals surface area contributed by atoms with E-state index >= 15 is 0 Å². The van der Waals surface area contributed by atoms with Crippen molar-refractivity contribution in [2.75, 3.05) is 7.05 Å². The Bertz CT molecular complexity index is 292. The van der Waals surface area contributed by atoms with Gasteiger partial charge in [-0.05, 0) is 31.6 Å². The lowest BCUT2D eigenvalue weighted by Gasteiger charge is -2.20. The van der Waals surface area contributed by atoms with Crippen molar-refractivity contribution in [3.8, 4) is 0 Å². The summed E-state index contributed by atoms with van der Waals surface area (Å²) in [5.74, 6) is 0. The van der Waals surface area contributed by atoms with Crippen LogP contribution >= 0.6 is 0 Å². The molecule has 1 heteroatoms. The second-order valence-electron chi connectivity index (χ2n) is 3.23. The Balaban J connectivity index is 4.67. The highest BCUT2D eigenvalue weighted by Crippen LogP contribution is 2.10. The molecule has 0 amide bonds. The minimum Gasteiger partial charge on any atom is -0.348 e. The number of rotatable bonds is 6. The third-order valence-electron chi connectivity index (χ3n) is 2.12. The van der Waals surface area contributed by atoms with Crippen molar-refractivity contribution in [2.45, 2.75) is 20.3 Å². The van der Waals surface area contributed by atoms with Crippen LogP contribution < -0.4 is 0 Å². The molecule has 0 aromatic rings. The molecule has 0 aromatic carbocycles. The maximum absolute atomic E-state index is 3.78. The third kappa shape index (κ3) is 5.06. The normalized spacial score (nSPS) is 13.0. The van der Waals surface area contributed by atoms with E-state index in [2.05, 4.69) is 50.1 Å². The van der Waals surface area contributed by atoms with E-state index in [9.17, 15) is 0 Å². The van der Waals surface area contributed by atoms with Crippen LogP contribution in [0.5, 0.6) is 0 Å². The first-order valence-electron chi connectivity index (χ1n) is 5.19. The van der Waals surface area contributed by atoms with Crippen LogP contribution in [-0.4, -0.2) is 11.9 Å². The molecule has 82 valence electrons. The molecular formula is C14H21N. The van der Waals surface area contributed by atoms with Gasteiger partial charge in [0.1, 0.15) is 0 Å². The molecule has 0 saturated heterocycles. The molecule has 15 heavy (non-hydrogen) atoms. The molecule has 0 unspecified atom stereocenters. The van der Waals surface area contributed by atoms with Crippen LogP contribution in [0.25, 0.3) is 0 Å². The molecule has 0 aliphatic heterocycles. The lowest BCUT2D eigenvalue weighted by molar-refractivity contribution is 0.538. The lowest BCUT2D eigenvalue weighted by atomic mass is 10.3. The second-order valence-corrected chi connectivity index (χ2v) is 3.23. The molecule has 0 N–H and O–H groups in total. The predicted octanol–water partition coefficient (Wildman–Crippen LogP) is 4.04. The quantitative estimate of drug-likeness (QED) is 0.589. The molecule has 1 nitrogen and oxygen atoms in total. The van der Waals surface area contributed by atoms with Crippen molar-refractivity contribution in [3.63, 3.8) is 0 Å². The number of allylic oxidation sites excluding steroid dienone is 7. The molecule has 0 atom stereocenters. The van der Waals surface area contributed by atoms with Gasteiger partial charge in [-0.15, -0.1) is 0 Å². The van der Waals surface area contributed by atoms with Crippen molar-refractivity contribution >= 4 is 0 Å². The van der Waals surface area contributed by atoms with Crippen LogP contribution in [-0.2, 0) is 0 Å². The number of nitrogens with zero attached hydrogens (tertiary/aromatic N) is 1. The first kappa shape index (κ1) is 13.5. The van der Waals surface area contributed by atoms with E-state index in [1.165, 1.54) is 5.70 Å². The Labute approximate surface area is 93.8 Å². The molecular weight excluding hydrogens is 182 g/mol. The maximum atomic E-state index is 3.78. The summed E-state index contributed by atoms with van der Waals surface area (Å²) in [7, 11) is 2.02. The zero-order valence-corrected chi connectivity index (χ0v) is 10.0. The van der Waals surface area contributed by atoms with Gasteiger partial charge in [0.2, 0.25) is 0 Å². The molecule has 0 spiro atoms. The Morgan fingerprint density at radius 1 is 1.27 bits per heavy atom. The van der Waals surface area contributed by atoms with E-state index in [1.807, 2.05) is 19.2 Å². The van der Waals surface area contributed by atoms with Crippen molar-refractivity contribution in [1.29, 1.82) is 0 Å². The van der Waals surface area contributed by atoms with Crippen molar-refractivity contribution in [1.82, 2.24) is 4.90 Å². The van der Waals surface area contributed by atoms with E-state index in [0.29, 0.717) is 0 Å². The maximum Gasteiger partial charge on any atom is 0.0399 e. The summed E-state index contributed by atoms with van der Waals surface area (Å²) in [6, 6.07) is 0. The number of hydrogen-bond acceptors (Lipinski definition) is 1. The molecule has 0 saturated carbocycles.